The van der Waals surface area contributed by atoms with Gasteiger partial charge >= 0.3 is 0 Å². The predicted octanol–water partition coefficient (Wildman–Crippen LogP) is 1.47. The fraction of sp³-hybridized carbons (Fsp3) is 1.00. The van der Waals surface area contributed by atoms with Crippen molar-refractivity contribution in [1.82, 2.24) is 10.2 Å². The third kappa shape index (κ3) is 1.70. The third-order valence-electron chi connectivity index (χ3n) is 4.55. The van der Waals surface area contributed by atoms with Crippen molar-refractivity contribution < 1.29 is 0 Å². The average molecular weight is 194 g/mol. The first kappa shape index (κ1) is 9.17. The zero-order valence-corrected chi connectivity index (χ0v) is 9.26. The van der Waals surface area contributed by atoms with E-state index in [-0.39, 0.29) is 0 Å². The van der Waals surface area contributed by atoms with Gasteiger partial charge in [0.1, 0.15) is 0 Å². The van der Waals surface area contributed by atoms with E-state index in [0.717, 1.165) is 12.0 Å². The molecule has 80 valence electrons. The van der Waals surface area contributed by atoms with Gasteiger partial charge in [0, 0.05) is 19.1 Å². The molecule has 2 nitrogen and oxygen atoms in total. The van der Waals surface area contributed by atoms with Crippen molar-refractivity contribution in [2.45, 2.75) is 38.6 Å². The molecule has 4 rings (SSSR count). The SMILES string of the molecule is CC1(CNC2CN3CCC2CC3)CC1. The highest BCUT2D eigenvalue weighted by molar-refractivity contribution is 4.95. The Balaban J connectivity index is 1.53. The lowest BCUT2D eigenvalue weighted by atomic mass is 9.84. The van der Waals surface area contributed by atoms with E-state index in [1.54, 1.807) is 0 Å². The molecule has 0 spiro atoms. The fourth-order valence-corrected chi connectivity index (χ4v) is 2.96. The van der Waals surface area contributed by atoms with Crippen LogP contribution in [0.5, 0.6) is 0 Å². The largest absolute Gasteiger partial charge is 0.312 e. The molecule has 2 heteroatoms. The van der Waals surface area contributed by atoms with Crippen molar-refractivity contribution in [1.29, 1.82) is 0 Å². The minimum absolute atomic E-state index is 0.673. The number of rotatable bonds is 3. The molecule has 4 aliphatic rings. The van der Waals surface area contributed by atoms with Crippen LogP contribution in [0.2, 0.25) is 0 Å². The number of fused-ring (bicyclic) bond motifs is 3. The zero-order chi connectivity index (χ0) is 9.60. The lowest BCUT2D eigenvalue weighted by molar-refractivity contribution is 0.0705. The molecule has 3 aliphatic heterocycles. The molecule has 4 fully saturated rings. The van der Waals surface area contributed by atoms with E-state index in [0.29, 0.717) is 5.41 Å². The van der Waals surface area contributed by atoms with Crippen molar-refractivity contribution in [3.63, 3.8) is 0 Å². The highest BCUT2D eigenvalue weighted by Gasteiger charge is 2.39. The smallest absolute Gasteiger partial charge is 0.0224 e. The molecule has 2 bridgehead atoms. The first-order valence-corrected chi connectivity index (χ1v) is 6.21. The van der Waals surface area contributed by atoms with Crippen LogP contribution in [0.1, 0.15) is 32.6 Å². The van der Waals surface area contributed by atoms with E-state index < -0.39 is 0 Å². The summed E-state index contributed by atoms with van der Waals surface area (Å²) in [5.74, 6) is 0.988. The van der Waals surface area contributed by atoms with Crippen molar-refractivity contribution in [3.8, 4) is 0 Å². The van der Waals surface area contributed by atoms with Gasteiger partial charge in [0.2, 0.25) is 0 Å². The summed E-state index contributed by atoms with van der Waals surface area (Å²) in [6.45, 7) is 7.73. The molecular weight excluding hydrogens is 172 g/mol. The number of piperidine rings is 3. The summed E-state index contributed by atoms with van der Waals surface area (Å²) in [4.78, 5) is 2.63. The van der Waals surface area contributed by atoms with Gasteiger partial charge in [-0.2, -0.15) is 0 Å². The summed E-state index contributed by atoms with van der Waals surface area (Å²) < 4.78 is 0. The molecule has 0 aromatic carbocycles. The van der Waals surface area contributed by atoms with Crippen molar-refractivity contribution >= 4 is 0 Å². The van der Waals surface area contributed by atoms with Crippen LogP contribution < -0.4 is 5.32 Å². The quantitative estimate of drug-likeness (QED) is 0.732. The zero-order valence-electron chi connectivity index (χ0n) is 9.26. The van der Waals surface area contributed by atoms with Gasteiger partial charge in [-0.1, -0.05) is 6.92 Å². The fourth-order valence-electron chi connectivity index (χ4n) is 2.96. The molecule has 3 saturated heterocycles. The van der Waals surface area contributed by atoms with Crippen LogP contribution in [0.15, 0.2) is 0 Å². The second-order valence-electron chi connectivity index (χ2n) is 5.94. The average Bonchev–Trinajstić information content (AvgIpc) is 2.96. The van der Waals surface area contributed by atoms with Gasteiger partial charge < -0.3 is 10.2 Å². The van der Waals surface area contributed by atoms with Crippen LogP contribution in [-0.2, 0) is 0 Å². The maximum Gasteiger partial charge on any atom is 0.0224 e. The molecule has 0 aromatic rings. The Morgan fingerprint density at radius 2 is 2.00 bits per heavy atom. The van der Waals surface area contributed by atoms with Crippen molar-refractivity contribution in [2.75, 3.05) is 26.2 Å². The van der Waals surface area contributed by atoms with E-state index in [4.69, 9.17) is 0 Å². The summed E-state index contributed by atoms with van der Waals surface area (Å²) in [6, 6.07) is 0.815. The van der Waals surface area contributed by atoms with Gasteiger partial charge in [-0.3, -0.25) is 0 Å². The van der Waals surface area contributed by atoms with Crippen LogP contribution >= 0.6 is 0 Å². The van der Waals surface area contributed by atoms with Gasteiger partial charge in [0.05, 0.1) is 0 Å². The minimum Gasteiger partial charge on any atom is -0.312 e. The highest BCUT2D eigenvalue weighted by Crippen LogP contribution is 2.44. The predicted molar refractivity (Wildman–Crippen MR) is 58.3 cm³/mol. The highest BCUT2D eigenvalue weighted by atomic mass is 15.2. The monoisotopic (exact) mass is 194 g/mol. The Morgan fingerprint density at radius 1 is 1.29 bits per heavy atom. The van der Waals surface area contributed by atoms with Gasteiger partial charge in [0.15, 0.2) is 0 Å². The van der Waals surface area contributed by atoms with Gasteiger partial charge in [0.25, 0.3) is 0 Å². The standard InChI is InChI=1S/C12H22N2/c1-12(4-5-12)9-13-11-8-14-6-2-10(11)3-7-14/h10-11,13H,2-9H2,1H3. The topological polar surface area (TPSA) is 15.3 Å². The molecule has 1 unspecified atom stereocenters. The van der Waals surface area contributed by atoms with Gasteiger partial charge in [-0.05, 0) is 50.1 Å². The van der Waals surface area contributed by atoms with E-state index in [9.17, 15) is 0 Å². The molecule has 0 radical (unpaired) electrons. The van der Waals surface area contributed by atoms with Gasteiger partial charge in [-0.15, -0.1) is 0 Å². The number of nitrogens with one attached hydrogen (secondary N) is 1. The number of hydrogen-bond acceptors (Lipinski definition) is 2. The second kappa shape index (κ2) is 3.21. The van der Waals surface area contributed by atoms with Crippen LogP contribution in [0.3, 0.4) is 0 Å². The first-order chi connectivity index (χ1) is 6.75. The molecular formula is C12H22N2. The summed E-state index contributed by atoms with van der Waals surface area (Å²) in [7, 11) is 0. The summed E-state index contributed by atoms with van der Waals surface area (Å²) in [5.41, 5.74) is 0.673. The Morgan fingerprint density at radius 3 is 2.50 bits per heavy atom. The molecule has 1 saturated carbocycles. The van der Waals surface area contributed by atoms with E-state index in [2.05, 4.69) is 17.1 Å². The Kier molecular flexibility index (Phi) is 2.10. The van der Waals surface area contributed by atoms with Crippen LogP contribution in [-0.4, -0.2) is 37.1 Å². The van der Waals surface area contributed by atoms with Crippen LogP contribution in [0, 0.1) is 11.3 Å². The summed E-state index contributed by atoms with van der Waals surface area (Å²) in [6.07, 6.45) is 5.77. The van der Waals surface area contributed by atoms with Crippen LogP contribution in [0.25, 0.3) is 0 Å². The molecule has 1 aliphatic carbocycles. The third-order valence-corrected chi connectivity index (χ3v) is 4.55. The number of nitrogens with zero attached hydrogens (tertiary/aromatic N) is 1. The minimum atomic E-state index is 0.673. The second-order valence-corrected chi connectivity index (χ2v) is 5.94. The summed E-state index contributed by atoms with van der Waals surface area (Å²) in [5, 5.41) is 3.81. The lowest BCUT2D eigenvalue weighted by Gasteiger charge is -2.45. The van der Waals surface area contributed by atoms with Crippen LogP contribution in [0.4, 0.5) is 0 Å². The molecule has 0 aromatic heterocycles. The van der Waals surface area contributed by atoms with Crippen molar-refractivity contribution in [3.05, 3.63) is 0 Å². The molecule has 1 atom stereocenters. The van der Waals surface area contributed by atoms with E-state index >= 15 is 0 Å². The molecule has 0 amide bonds. The van der Waals surface area contributed by atoms with Gasteiger partial charge in [-0.25, -0.2) is 0 Å². The van der Waals surface area contributed by atoms with E-state index in [1.165, 1.54) is 51.9 Å². The molecule has 14 heavy (non-hydrogen) atoms. The Bertz CT molecular complexity index is 214. The van der Waals surface area contributed by atoms with Crippen molar-refractivity contribution in [2.24, 2.45) is 11.3 Å². The molecule has 3 heterocycles. The Hall–Kier alpha value is -0.0800. The first-order valence-electron chi connectivity index (χ1n) is 6.21. The van der Waals surface area contributed by atoms with E-state index in [1.807, 2.05) is 0 Å². The normalized spacial score (nSPS) is 43.9. The molecule has 1 N–H and O–H groups in total. The Labute approximate surface area is 87.0 Å². The number of hydrogen-bond donors (Lipinski definition) is 1. The maximum absolute atomic E-state index is 3.81. The maximum atomic E-state index is 3.81. The lowest BCUT2D eigenvalue weighted by Crippen LogP contribution is -2.56. The summed E-state index contributed by atoms with van der Waals surface area (Å²) >= 11 is 0.